The lowest BCUT2D eigenvalue weighted by Gasteiger charge is -2.33. The molecule has 2 atom stereocenters. The Kier molecular flexibility index (Phi) is 9.86. The van der Waals surface area contributed by atoms with Gasteiger partial charge in [0.25, 0.3) is 10.0 Å². The number of halogens is 1. The maximum Gasteiger partial charge on any atom is 0.264 e. The second-order valence-corrected chi connectivity index (χ2v) is 11.6. The molecule has 0 aromatic heterocycles. The average molecular weight is 554 g/mol. The van der Waals surface area contributed by atoms with E-state index in [0.29, 0.717) is 23.2 Å². The van der Waals surface area contributed by atoms with E-state index in [9.17, 15) is 22.4 Å². The topological polar surface area (TPSA) is 86.8 Å². The van der Waals surface area contributed by atoms with E-state index >= 15 is 0 Å². The van der Waals surface area contributed by atoms with E-state index < -0.39 is 34.3 Å². The van der Waals surface area contributed by atoms with E-state index in [1.165, 1.54) is 41.3 Å². The Hall–Kier alpha value is -3.72. The van der Waals surface area contributed by atoms with Gasteiger partial charge in [-0.3, -0.25) is 13.9 Å². The molecule has 0 aliphatic carbocycles. The first-order valence-corrected chi connectivity index (χ1v) is 14.4. The van der Waals surface area contributed by atoms with Crippen molar-refractivity contribution in [3.8, 4) is 0 Å². The number of hydrogen-bond acceptors (Lipinski definition) is 4. The fraction of sp³-hybridized carbons (Fsp3) is 0.333. The summed E-state index contributed by atoms with van der Waals surface area (Å²) in [5, 5.41) is 2.89. The van der Waals surface area contributed by atoms with Gasteiger partial charge >= 0.3 is 0 Å². The minimum atomic E-state index is -4.13. The molecule has 0 unspecified atom stereocenters. The van der Waals surface area contributed by atoms with E-state index in [2.05, 4.69) is 5.32 Å². The summed E-state index contributed by atoms with van der Waals surface area (Å²) in [7, 11) is -4.13. The van der Waals surface area contributed by atoms with E-state index in [-0.39, 0.29) is 23.4 Å². The van der Waals surface area contributed by atoms with Gasteiger partial charge in [0, 0.05) is 12.6 Å². The van der Waals surface area contributed by atoms with Crippen molar-refractivity contribution < 1.29 is 22.4 Å². The molecule has 208 valence electrons. The van der Waals surface area contributed by atoms with Crippen molar-refractivity contribution in [3.05, 3.63) is 95.3 Å². The molecular weight excluding hydrogens is 517 g/mol. The summed E-state index contributed by atoms with van der Waals surface area (Å²) in [6.07, 6.45) is 0.709. The molecule has 0 bridgehead atoms. The lowest BCUT2D eigenvalue weighted by atomic mass is 10.1. The van der Waals surface area contributed by atoms with Crippen LogP contribution in [0.2, 0.25) is 0 Å². The van der Waals surface area contributed by atoms with Crippen LogP contribution in [0.15, 0.2) is 77.7 Å². The van der Waals surface area contributed by atoms with Crippen molar-refractivity contribution in [1.82, 2.24) is 10.2 Å². The highest BCUT2D eigenvalue weighted by molar-refractivity contribution is 7.92. The SMILES string of the molecule is CC[C@@H](C)NC(=O)[C@H](C)N(Cc1ccc(F)cc1)C(=O)CN(c1ccccc1C)S(=O)(=O)c1ccc(C)cc1. The minimum absolute atomic E-state index is 0.000394. The molecule has 39 heavy (non-hydrogen) atoms. The van der Waals surface area contributed by atoms with Crippen LogP contribution in [-0.2, 0) is 26.2 Å². The number of nitrogens with zero attached hydrogens (tertiary/aromatic N) is 2. The number of aryl methyl sites for hydroxylation is 2. The Bertz CT molecular complexity index is 1390. The Balaban J connectivity index is 2.03. The molecule has 0 heterocycles. The number of para-hydroxylation sites is 1. The second-order valence-electron chi connectivity index (χ2n) is 9.75. The summed E-state index contributed by atoms with van der Waals surface area (Å²) in [5.41, 5.74) is 2.55. The van der Waals surface area contributed by atoms with Crippen LogP contribution >= 0.6 is 0 Å². The van der Waals surface area contributed by atoms with Gasteiger partial charge in [-0.05, 0) is 75.6 Å². The first-order chi connectivity index (χ1) is 18.4. The first kappa shape index (κ1) is 29.8. The predicted molar refractivity (Wildman–Crippen MR) is 151 cm³/mol. The van der Waals surface area contributed by atoms with Crippen molar-refractivity contribution in [2.75, 3.05) is 10.8 Å². The Morgan fingerprint density at radius 3 is 2.13 bits per heavy atom. The molecule has 7 nitrogen and oxygen atoms in total. The highest BCUT2D eigenvalue weighted by Crippen LogP contribution is 2.27. The molecule has 3 aromatic carbocycles. The number of anilines is 1. The lowest BCUT2D eigenvalue weighted by molar-refractivity contribution is -0.139. The molecular formula is C30H36FN3O4S. The monoisotopic (exact) mass is 553 g/mol. The van der Waals surface area contributed by atoms with Crippen LogP contribution < -0.4 is 9.62 Å². The maximum atomic E-state index is 13.9. The third-order valence-corrected chi connectivity index (χ3v) is 8.48. The Labute approximate surface area is 230 Å². The first-order valence-electron chi connectivity index (χ1n) is 12.9. The van der Waals surface area contributed by atoms with Gasteiger partial charge in [0.05, 0.1) is 10.6 Å². The molecule has 3 rings (SSSR count). The average Bonchev–Trinajstić information content (AvgIpc) is 2.91. The minimum Gasteiger partial charge on any atom is -0.352 e. The van der Waals surface area contributed by atoms with Crippen molar-refractivity contribution >= 4 is 27.5 Å². The summed E-state index contributed by atoms with van der Waals surface area (Å²) in [5.74, 6) is -1.34. The maximum absolute atomic E-state index is 13.9. The molecule has 0 saturated carbocycles. The number of amides is 2. The van der Waals surface area contributed by atoms with Gasteiger partial charge in [0.15, 0.2) is 0 Å². The van der Waals surface area contributed by atoms with Crippen molar-refractivity contribution in [2.45, 2.75) is 64.6 Å². The smallest absolute Gasteiger partial charge is 0.264 e. The van der Waals surface area contributed by atoms with E-state index in [4.69, 9.17) is 0 Å². The van der Waals surface area contributed by atoms with Gasteiger partial charge in [-0.25, -0.2) is 12.8 Å². The van der Waals surface area contributed by atoms with Crippen molar-refractivity contribution in [1.29, 1.82) is 0 Å². The van der Waals surface area contributed by atoms with Crippen molar-refractivity contribution in [2.24, 2.45) is 0 Å². The van der Waals surface area contributed by atoms with Crippen LogP contribution in [0.3, 0.4) is 0 Å². The molecule has 0 radical (unpaired) electrons. The second kappa shape index (κ2) is 12.9. The van der Waals surface area contributed by atoms with Crippen LogP contribution in [0, 0.1) is 19.7 Å². The molecule has 3 aromatic rings. The van der Waals surface area contributed by atoms with Gasteiger partial charge in [0.2, 0.25) is 11.8 Å². The Morgan fingerprint density at radius 1 is 0.923 bits per heavy atom. The normalized spacial score (nSPS) is 12.9. The van der Waals surface area contributed by atoms with Crippen LogP contribution in [0.5, 0.6) is 0 Å². The quantitative estimate of drug-likeness (QED) is 0.363. The van der Waals surface area contributed by atoms with Gasteiger partial charge in [-0.2, -0.15) is 0 Å². The van der Waals surface area contributed by atoms with Crippen LogP contribution in [0.1, 0.15) is 43.9 Å². The number of carbonyl (C=O) groups is 2. The Morgan fingerprint density at radius 2 is 1.54 bits per heavy atom. The van der Waals surface area contributed by atoms with E-state index in [1.54, 1.807) is 50.2 Å². The standard InChI is InChI=1S/C30H36FN3O4S/c1-6-23(4)32-30(36)24(5)33(19-25-13-15-26(31)16-14-25)29(35)20-34(28-10-8-7-9-22(28)3)39(37,38)27-17-11-21(2)12-18-27/h7-18,23-24H,6,19-20H2,1-5H3,(H,32,36)/t23-,24+/m1/s1. The highest BCUT2D eigenvalue weighted by Gasteiger charge is 2.33. The summed E-state index contributed by atoms with van der Waals surface area (Å²) >= 11 is 0. The van der Waals surface area contributed by atoms with E-state index in [0.717, 1.165) is 9.87 Å². The van der Waals surface area contributed by atoms with E-state index in [1.807, 2.05) is 20.8 Å². The molecule has 0 aliphatic heterocycles. The highest BCUT2D eigenvalue weighted by atomic mass is 32.2. The fourth-order valence-electron chi connectivity index (χ4n) is 4.03. The molecule has 0 aliphatic rings. The van der Waals surface area contributed by atoms with Gasteiger partial charge in [0.1, 0.15) is 18.4 Å². The lowest BCUT2D eigenvalue weighted by Crippen LogP contribution is -2.52. The van der Waals surface area contributed by atoms with Crippen LogP contribution in [0.4, 0.5) is 10.1 Å². The zero-order chi connectivity index (χ0) is 28.7. The fourth-order valence-corrected chi connectivity index (χ4v) is 5.51. The molecule has 0 saturated heterocycles. The van der Waals surface area contributed by atoms with Gasteiger partial charge in [-0.1, -0.05) is 55.0 Å². The summed E-state index contributed by atoms with van der Waals surface area (Å²) < 4.78 is 42.4. The molecule has 0 spiro atoms. The number of nitrogens with one attached hydrogen (secondary N) is 1. The predicted octanol–water partition coefficient (Wildman–Crippen LogP) is 4.97. The number of rotatable bonds is 11. The van der Waals surface area contributed by atoms with Gasteiger partial charge < -0.3 is 10.2 Å². The van der Waals surface area contributed by atoms with Crippen LogP contribution in [0.25, 0.3) is 0 Å². The third-order valence-electron chi connectivity index (χ3n) is 6.71. The number of hydrogen-bond donors (Lipinski definition) is 1. The summed E-state index contributed by atoms with van der Waals surface area (Å²) in [6.45, 7) is 8.52. The summed E-state index contributed by atoms with van der Waals surface area (Å²) in [4.78, 5) is 28.4. The molecule has 9 heteroatoms. The van der Waals surface area contributed by atoms with Gasteiger partial charge in [-0.15, -0.1) is 0 Å². The summed E-state index contributed by atoms with van der Waals surface area (Å²) in [6, 6.07) is 18.0. The number of sulfonamides is 1. The number of carbonyl (C=O) groups excluding carboxylic acids is 2. The van der Waals surface area contributed by atoms with Crippen molar-refractivity contribution in [3.63, 3.8) is 0 Å². The zero-order valence-electron chi connectivity index (χ0n) is 23.0. The molecule has 0 fully saturated rings. The van der Waals surface area contributed by atoms with Crippen LogP contribution in [-0.4, -0.2) is 43.8 Å². The largest absolute Gasteiger partial charge is 0.352 e. The molecule has 1 N–H and O–H groups in total. The molecule has 2 amide bonds. The third kappa shape index (κ3) is 7.44. The number of benzene rings is 3. The zero-order valence-corrected chi connectivity index (χ0v) is 23.8.